The van der Waals surface area contributed by atoms with Crippen LogP contribution in [0.15, 0.2) is 42.6 Å². The van der Waals surface area contributed by atoms with Gasteiger partial charge >= 0.3 is 6.03 Å². The average molecular weight is 356 g/mol. The van der Waals surface area contributed by atoms with Crippen molar-refractivity contribution in [3.63, 3.8) is 0 Å². The lowest BCUT2D eigenvalue weighted by Crippen LogP contribution is -2.35. The van der Waals surface area contributed by atoms with E-state index in [1.165, 1.54) is 5.56 Å². The Morgan fingerprint density at radius 2 is 1.73 bits per heavy atom. The van der Waals surface area contributed by atoms with Crippen molar-refractivity contribution in [1.82, 2.24) is 20.5 Å². The molecule has 0 saturated carbocycles. The van der Waals surface area contributed by atoms with Crippen LogP contribution in [0.1, 0.15) is 30.5 Å². The van der Waals surface area contributed by atoms with Crippen LogP contribution in [-0.2, 0) is 19.6 Å². The quantitative estimate of drug-likeness (QED) is 0.725. The standard InChI is InChI=1S/C20H28N4O2/c1-4-24(5-2)15-18-9-7-6-8-17(18)14-23-20(25)22-13-16-10-11-19(26-3)21-12-16/h6-12H,4-5,13-15H2,1-3H3,(H2,22,23,25). The molecule has 0 atom stereocenters. The fourth-order valence-corrected chi connectivity index (χ4v) is 2.63. The van der Waals surface area contributed by atoms with Crippen LogP contribution in [0.2, 0.25) is 0 Å². The van der Waals surface area contributed by atoms with Crippen molar-refractivity contribution >= 4 is 6.03 Å². The molecule has 0 fully saturated rings. The van der Waals surface area contributed by atoms with Gasteiger partial charge in [-0.15, -0.1) is 0 Å². The maximum Gasteiger partial charge on any atom is 0.315 e. The summed E-state index contributed by atoms with van der Waals surface area (Å²) in [4.78, 5) is 18.6. The molecule has 1 aromatic heterocycles. The lowest BCUT2D eigenvalue weighted by atomic mass is 10.1. The Kier molecular flexibility index (Phi) is 7.89. The number of urea groups is 1. The molecule has 140 valence electrons. The monoisotopic (exact) mass is 356 g/mol. The number of rotatable bonds is 9. The third-order valence-corrected chi connectivity index (χ3v) is 4.31. The van der Waals surface area contributed by atoms with Crippen molar-refractivity contribution < 1.29 is 9.53 Å². The van der Waals surface area contributed by atoms with Gasteiger partial charge in [-0.2, -0.15) is 0 Å². The minimum atomic E-state index is -0.196. The summed E-state index contributed by atoms with van der Waals surface area (Å²) in [5, 5.41) is 5.78. The van der Waals surface area contributed by atoms with Gasteiger partial charge in [0.25, 0.3) is 0 Å². The van der Waals surface area contributed by atoms with Crippen molar-refractivity contribution in [2.75, 3.05) is 20.2 Å². The molecule has 0 saturated heterocycles. The minimum Gasteiger partial charge on any atom is -0.481 e. The molecule has 1 heterocycles. The Bertz CT molecular complexity index is 684. The molecule has 0 bridgehead atoms. The molecule has 2 N–H and O–H groups in total. The van der Waals surface area contributed by atoms with Gasteiger partial charge in [0.2, 0.25) is 5.88 Å². The van der Waals surface area contributed by atoms with Gasteiger partial charge < -0.3 is 15.4 Å². The topological polar surface area (TPSA) is 66.5 Å². The number of aromatic nitrogens is 1. The van der Waals surface area contributed by atoms with E-state index in [9.17, 15) is 4.79 Å². The van der Waals surface area contributed by atoms with Crippen LogP contribution in [0.3, 0.4) is 0 Å². The zero-order valence-electron chi connectivity index (χ0n) is 15.8. The molecule has 0 radical (unpaired) electrons. The average Bonchev–Trinajstić information content (AvgIpc) is 2.70. The molecule has 2 aromatic rings. The molecule has 0 aliphatic rings. The number of hydrogen-bond acceptors (Lipinski definition) is 4. The van der Waals surface area contributed by atoms with E-state index < -0.39 is 0 Å². The molecule has 0 unspecified atom stereocenters. The lowest BCUT2D eigenvalue weighted by Gasteiger charge is -2.20. The van der Waals surface area contributed by atoms with Gasteiger partial charge in [-0.1, -0.05) is 44.2 Å². The van der Waals surface area contributed by atoms with Crippen molar-refractivity contribution in [3.05, 3.63) is 59.3 Å². The molecule has 1 aromatic carbocycles. The van der Waals surface area contributed by atoms with Gasteiger partial charge in [-0.25, -0.2) is 9.78 Å². The number of carbonyl (C=O) groups is 1. The zero-order chi connectivity index (χ0) is 18.8. The van der Waals surface area contributed by atoms with Crippen molar-refractivity contribution in [2.24, 2.45) is 0 Å². The summed E-state index contributed by atoms with van der Waals surface area (Å²) in [5.41, 5.74) is 3.31. The van der Waals surface area contributed by atoms with Crippen LogP contribution in [0.4, 0.5) is 4.79 Å². The van der Waals surface area contributed by atoms with Crippen molar-refractivity contribution in [2.45, 2.75) is 33.5 Å². The van der Waals surface area contributed by atoms with Crippen molar-refractivity contribution in [3.8, 4) is 5.88 Å². The number of carbonyl (C=O) groups excluding carboxylic acids is 1. The highest BCUT2D eigenvalue weighted by Crippen LogP contribution is 2.12. The molecule has 0 aliphatic carbocycles. The summed E-state index contributed by atoms with van der Waals surface area (Å²) in [7, 11) is 1.58. The van der Waals surface area contributed by atoms with Crippen LogP contribution in [0.25, 0.3) is 0 Å². The van der Waals surface area contributed by atoms with E-state index in [1.54, 1.807) is 19.4 Å². The molecule has 0 aliphatic heterocycles. The van der Waals surface area contributed by atoms with E-state index in [-0.39, 0.29) is 6.03 Å². The van der Waals surface area contributed by atoms with Crippen LogP contribution in [0, 0.1) is 0 Å². The fourth-order valence-electron chi connectivity index (χ4n) is 2.63. The van der Waals surface area contributed by atoms with Gasteiger partial charge in [0.15, 0.2) is 0 Å². The second kappa shape index (κ2) is 10.4. The van der Waals surface area contributed by atoms with Gasteiger partial charge in [-0.05, 0) is 29.8 Å². The fraction of sp³-hybridized carbons (Fsp3) is 0.400. The predicted octanol–water partition coefficient (Wildman–Crippen LogP) is 2.93. The van der Waals surface area contributed by atoms with E-state index in [2.05, 4.69) is 46.5 Å². The van der Waals surface area contributed by atoms with Crippen LogP contribution in [-0.4, -0.2) is 36.1 Å². The van der Waals surface area contributed by atoms with E-state index in [1.807, 2.05) is 18.2 Å². The Hall–Kier alpha value is -2.60. The van der Waals surface area contributed by atoms with Gasteiger partial charge in [0, 0.05) is 31.9 Å². The summed E-state index contributed by atoms with van der Waals surface area (Å²) in [6.45, 7) is 8.15. The number of amides is 2. The minimum absolute atomic E-state index is 0.196. The number of ether oxygens (including phenoxy) is 1. The van der Waals surface area contributed by atoms with Gasteiger partial charge in [-0.3, -0.25) is 4.90 Å². The lowest BCUT2D eigenvalue weighted by molar-refractivity contribution is 0.240. The molecule has 0 spiro atoms. The first-order valence-corrected chi connectivity index (χ1v) is 8.96. The number of nitrogens with zero attached hydrogens (tertiary/aromatic N) is 2. The molecule has 26 heavy (non-hydrogen) atoms. The van der Waals surface area contributed by atoms with E-state index in [0.717, 1.165) is 30.8 Å². The summed E-state index contributed by atoms with van der Waals surface area (Å²) < 4.78 is 5.02. The molecule has 2 rings (SSSR count). The third kappa shape index (κ3) is 6.04. The number of hydrogen-bond donors (Lipinski definition) is 2. The Balaban J connectivity index is 1.84. The second-order valence-electron chi connectivity index (χ2n) is 5.98. The Morgan fingerprint density at radius 3 is 2.35 bits per heavy atom. The van der Waals surface area contributed by atoms with E-state index in [0.29, 0.717) is 19.0 Å². The van der Waals surface area contributed by atoms with Crippen LogP contribution >= 0.6 is 0 Å². The molecule has 6 nitrogen and oxygen atoms in total. The first kappa shape index (κ1) is 19.7. The molecular weight excluding hydrogens is 328 g/mol. The summed E-state index contributed by atoms with van der Waals surface area (Å²) in [5.74, 6) is 0.558. The first-order chi connectivity index (χ1) is 12.7. The normalized spacial score (nSPS) is 10.6. The number of benzene rings is 1. The van der Waals surface area contributed by atoms with E-state index in [4.69, 9.17) is 4.74 Å². The van der Waals surface area contributed by atoms with Gasteiger partial charge in [0.1, 0.15) is 0 Å². The van der Waals surface area contributed by atoms with Crippen LogP contribution < -0.4 is 15.4 Å². The maximum absolute atomic E-state index is 12.1. The second-order valence-corrected chi connectivity index (χ2v) is 5.98. The maximum atomic E-state index is 12.1. The largest absolute Gasteiger partial charge is 0.481 e. The molecular formula is C20H28N4O2. The van der Waals surface area contributed by atoms with Gasteiger partial charge in [0.05, 0.1) is 7.11 Å². The summed E-state index contributed by atoms with van der Waals surface area (Å²) in [6, 6.07) is 11.7. The van der Waals surface area contributed by atoms with Crippen molar-refractivity contribution in [1.29, 1.82) is 0 Å². The SMILES string of the molecule is CCN(CC)Cc1ccccc1CNC(=O)NCc1ccc(OC)nc1. The third-order valence-electron chi connectivity index (χ3n) is 4.31. The first-order valence-electron chi connectivity index (χ1n) is 8.96. The zero-order valence-corrected chi connectivity index (χ0v) is 15.8. The summed E-state index contributed by atoms with van der Waals surface area (Å²) >= 11 is 0. The number of pyridine rings is 1. The van der Waals surface area contributed by atoms with Crippen LogP contribution in [0.5, 0.6) is 5.88 Å². The predicted molar refractivity (Wildman–Crippen MR) is 103 cm³/mol. The smallest absolute Gasteiger partial charge is 0.315 e. The highest BCUT2D eigenvalue weighted by molar-refractivity contribution is 5.73. The number of methoxy groups -OCH3 is 1. The highest BCUT2D eigenvalue weighted by atomic mass is 16.5. The van der Waals surface area contributed by atoms with E-state index >= 15 is 0 Å². The highest BCUT2D eigenvalue weighted by Gasteiger charge is 2.08. The Morgan fingerprint density at radius 1 is 1.04 bits per heavy atom. The summed E-state index contributed by atoms with van der Waals surface area (Å²) in [6.07, 6.45) is 1.69. The molecule has 6 heteroatoms. The number of nitrogens with one attached hydrogen (secondary N) is 2. The molecule has 2 amide bonds. The Labute approximate surface area is 155 Å².